The van der Waals surface area contributed by atoms with Crippen LogP contribution in [-0.4, -0.2) is 25.7 Å². The smallest absolute Gasteiger partial charge is 0.101 e. The Morgan fingerprint density at radius 3 is 2.70 bits per heavy atom. The van der Waals surface area contributed by atoms with Crippen molar-refractivity contribution in [1.82, 2.24) is 5.32 Å². The van der Waals surface area contributed by atoms with Crippen LogP contribution in [0, 0.1) is 24.2 Å². The summed E-state index contributed by atoms with van der Waals surface area (Å²) in [6.45, 7) is 5.41. The highest BCUT2D eigenvalue weighted by Crippen LogP contribution is 2.30. The third-order valence-corrected chi connectivity index (χ3v) is 4.82. The quantitative estimate of drug-likeness (QED) is 0.897. The Bertz CT molecular complexity index is 503. The van der Waals surface area contributed by atoms with Crippen LogP contribution >= 0.6 is 0 Å². The number of anilines is 1. The number of nitrogens with one attached hydrogen (secondary N) is 1. The molecule has 1 unspecified atom stereocenters. The Hall–Kier alpha value is -1.53. The Balaban J connectivity index is 1.67. The van der Waals surface area contributed by atoms with E-state index in [1.165, 1.54) is 32.2 Å². The van der Waals surface area contributed by atoms with Crippen LogP contribution in [0.3, 0.4) is 0 Å². The van der Waals surface area contributed by atoms with Crippen LogP contribution in [0.1, 0.15) is 36.8 Å². The molecule has 2 heterocycles. The van der Waals surface area contributed by atoms with Gasteiger partial charge in [-0.15, -0.1) is 0 Å². The molecule has 0 bridgehead atoms. The molecule has 1 atom stereocenters. The van der Waals surface area contributed by atoms with E-state index in [-0.39, 0.29) is 0 Å². The molecule has 0 spiro atoms. The van der Waals surface area contributed by atoms with Crippen molar-refractivity contribution in [2.45, 2.75) is 38.6 Å². The van der Waals surface area contributed by atoms with Gasteiger partial charge in [0.1, 0.15) is 6.07 Å². The molecule has 3 heteroatoms. The maximum absolute atomic E-state index is 9.31. The van der Waals surface area contributed by atoms with Gasteiger partial charge < -0.3 is 10.2 Å². The molecule has 20 heavy (non-hydrogen) atoms. The second kappa shape index (κ2) is 5.85. The van der Waals surface area contributed by atoms with Crippen molar-refractivity contribution in [1.29, 1.82) is 5.26 Å². The first-order valence-corrected chi connectivity index (χ1v) is 7.77. The van der Waals surface area contributed by atoms with Crippen molar-refractivity contribution in [2.24, 2.45) is 5.92 Å². The predicted molar refractivity (Wildman–Crippen MR) is 81.9 cm³/mol. The summed E-state index contributed by atoms with van der Waals surface area (Å²) in [6.07, 6.45) is 5.17. The molecule has 1 aromatic carbocycles. The van der Waals surface area contributed by atoms with Crippen molar-refractivity contribution in [3.8, 4) is 6.07 Å². The van der Waals surface area contributed by atoms with Crippen LogP contribution in [0.4, 0.5) is 5.69 Å². The highest BCUT2D eigenvalue weighted by molar-refractivity contribution is 5.60. The molecule has 2 aliphatic heterocycles. The Morgan fingerprint density at radius 2 is 2.05 bits per heavy atom. The predicted octanol–water partition coefficient (Wildman–Crippen LogP) is 2.84. The average molecular weight is 269 g/mol. The molecule has 0 aliphatic carbocycles. The SMILES string of the molecule is Cc1ccc(N2CCC(C3CCCN3)CC2)c(C#N)c1. The van der Waals surface area contributed by atoms with Crippen molar-refractivity contribution in [3.05, 3.63) is 29.3 Å². The molecule has 3 nitrogen and oxygen atoms in total. The summed E-state index contributed by atoms with van der Waals surface area (Å²) in [6, 6.07) is 9.31. The Labute approximate surface area is 121 Å². The normalized spacial score (nSPS) is 23.8. The third-order valence-electron chi connectivity index (χ3n) is 4.82. The molecule has 2 saturated heterocycles. The highest BCUT2D eigenvalue weighted by Gasteiger charge is 2.28. The van der Waals surface area contributed by atoms with Gasteiger partial charge in [-0.3, -0.25) is 0 Å². The monoisotopic (exact) mass is 269 g/mol. The van der Waals surface area contributed by atoms with E-state index in [4.69, 9.17) is 0 Å². The van der Waals surface area contributed by atoms with Crippen LogP contribution in [0.2, 0.25) is 0 Å². The zero-order chi connectivity index (χ0) is 13.9. The zero-order valence-electron chi connectivity index (χ0n) is 12.2. The minimum absolute atomic E-state index is 0.741. The van der Waals surface area contributed by atoms with Gasteiger partial charge in [0.05, 0.1) is 11.3 Å². The fourth-order valence-corrected chi connectivity index (χ4v) is 3.67. The molecule has 2 fully saturated rings. The number of hydrogen-bond acceptors (Lipinski definition) is 3. The molecule has 3 rings (SSSR count). The lowest BCUT2D eigenvalue weighted by Gasteiger charge is -2.36. The number of aryl methyl sites for hydroxylation is 1. The molecule has 2 aliphatic rings. The maximum atomic E-state index is 9.31. The number of nitriles is 1. The summed E-state index contributed by atoms with van der Waals surface area (Å²) in [7, 11) is 0. The molecule has 0 amide bonds. The first-order chi connectivity index (χ1) is 9.78. The van der Waals surface area contributed by atoms with E-state index in [1.807, 2.05) is 13.0 Å². The van der Waals surface area contributed by atoms with Gasteiger partial charge in [-0.05, 0) is 62.8 Å². The molecule has 0 aromatic heterocycles. The Kier molecular flexibility index (Phi) is 3.93. The molecule has 0 radical (unpaired) electrons. The van der Waals surface area contributed by atoms with Crippen molar-refractivity contribution in [3.63, 3.8) is 0 Å². The van der Waals surface area contributed by atoms with Gasteiger partial charge in [0.15, 0.2) is 0 Å². The second-order valence-corrected chi connectivity index (χ2v) is 6.16. The van der Waals surface area contributed by atoms with Crippen LogP contribution in [0.5, 0.6) is 0 Å². The molecule has 1 aromatic rings. The van der Waals surface area contributed by atoms with Crippen molar-refractivity contribution < 1.29 is 0 Å². The molecule has 0 saturated carbocycles. The number of benzene rings is 1. The molecular weight excluding hydrogens is 246 g/mol. The lowest BCUT2D eigenvalue weighted by Crippen LogP contribution is -2.41. The molecular formula is C17H23N3. The fraction of sp³-hybridized carbons (Fsp3) is 0.588. The number of nitrogens with zero attached hydrogens (tertiary/aromatic N) is 2. The summed E-state index contributed by atoms with van der Waals surface area (Å²) < 4.78 is 0. The first kappa shape index (κ1) is 13.5. The zero-order valence-corrected chi connectivity index (χ0v) is 12.2. The van der Waals surface area contributed by atoms with E-state index in [0.717, 1.165) is 41.9 Å². The number of piperidine rings is 1. The summed E-state index contributed by atoms with van der Waals surface area (Å²) in [5.41, 5.74) is 3.11. The van der Waals surface area contributed by atoms with E-state index in [2.05, 4.69) is 28.4 Å². The van der Waals surface area contributed by atoms with Crippen LogP contribution in [0.25, 0.3) is 0 Å². The fourth-order valence-electron chi connectivity index (χ4n) is 3.67. The van der Waals surface area contributed by atoms with Gasteiger partial charge in [0, 0.05) is 19.1 Å². The summed E-state index contributed by atoms with van der Waals surface area (Å²) in [4.78, 5) is 2.39. The van der Waals surface area contributed by atoms with E-state index in [0.29, 0.717) is 0 Å². The van der Waals surface area contributed by atoms with Crippen molar-refractivity contribution in [2.75, 3.05) is 24.5 Å². The lowest BCUT2D eigenvalue weighted by atomic mass is 9.88. The van der Waals surface area contributed by atoms with Crippen LogP contribution < -0.4 is 10.2 Å². The molecule has 106 valence electrons. The van der Waals surface area contributed by atoms with Gasteiger partial charge in [0.2, 0.25) is 0 Å². The van der Waals surface area contributed by atoms with Crippen LogP contribution in [-0.2, 0) is 0 Å². The van der Waals surface area contributed by atoms with E-state index in [9.17, 15) is 5.26 Å². The summed E-state index contributed by atoms with van der Waals surface area (Å²) in [5, 5.41) is 13.0. The van der Waals surface area contributed by atoms with Gasteiger partial charge in [-0.1, -0.05) is 6.07 Å². The Morgan fingerprint density at radius 1 is 1.25 bits per heavy atom. The second-order valence-electron chi connectivity index (χ2n) is 6.16. The standard InChI is InChI=1S/C17H23N3/c1-13-4-5-17(15(11-13)12-18)20-9-6-14(7-10-20)16-3-2-8-19-16/h4-5,11,14,16,19H,2-3,6-10H2,1H3. The third kappa shape index (κ3) is 2.66. The van der Waals surface area contributed by atoms with E-state index in [1.54, 1.807) is 0 Å². The maximum Gasteiger partial charge on any atom is 0.101 e. The van der Waals surface area contributed by atoms with E-state index >= 15 is 0 Å². The molecule has 1 N–H and O–H groups in total. The van der Waals surface area contributed by atoms with Crippen molar-refractivity contribution >= 4 is 5.69 Å². The number of rotatable bonds is 2. The summed E-state index contributed by atoms with van der Waals surface area (Å²) in [5.74, 6) is 0.824. The topological polar surface area (TPSA) is 39.1 Å². The average Bonchev–Trinajstić information content (AvgIpc) is 3.01. The van der Waals surface area contributed by atoms with Gasteiger partial charge in [-0.25, -0.2) is 0 Å². The first-order valence-electron chi connectivity index (χ1n) is 7.77. The largest absolute Gasteiger partial charge is 0.370 e. The lowest BCUT2D eigenvalue weighted by molar-refractivity contribution is 0.319. The minimum Gasteiger partial charge on any atom is -0.370 e. The summed E-state index contributed by atoms with van der Waals surface area (Å²) >= 11 is 0. The number of hydrogen-bond donors (Lipinski definition) is 1. The van der Waals surface area contributed by atoms with E-state index < -0.39 is 0 Å². The van der Waals surface area contributed by atoms with Crippen LogP contribution in [0.15, 0.2) is 18.2 Å². The van der Waals surface area contributed by atoms with Gasteiger partial charge >= 0.3 is 0 Å². The van der Waals surface area contributed by atoms with Gasteiger partial charge in [-0.2, -0.15) is 5.26 Å². The van der Waals surface area contributed by atoms with Gasteiger partial charge in [0.25, 0.3) is 0 Å². The minimum atomic E-state index is 0.741. The highest BCUT2D eigenvalue weighted by atomic mass is 15.1.